The van der Waals surface area contributed by atoms with Crippen LogP contribution in [0.2, 0.25) is 0 Å². The number of nitrogens with zero attached hydrogens (tertiary/aromatic N) is 2. The molecule has 1 aromatic rings. The Labute approximate surface area is 192 Å². The van der Waals surface area contributed by atoms with Gasteiger partial charge in [0.05, 0.1) is 12.6 Å². The maximum Gasteiger partial charge on any atom is 0.410 e. The van der Waals surface area contributed by atoms with E-state index in [4.69, 9.17) is 9.47 Å². The highest BCUT2D eigenvalue weighted by Crippen LogP contribution is 2.28. The van der Waals surface area contributed by atoms with Crippen LogP contribution in [0.15, 0.2) is 18.2 Å². The van der Waals surface area contributed by atoms with Crippen molar-refractivity contribution in [2.45, 2.75) is 91.0 Å². The molecule has 2 heterocycles. The molecule has 3 rings (SSSR count). The molecule has 1 unspecified atom stereocenters. The molecule has 1 atom stereocenters. The average Bonchev–Trinajstić information content (AvgIpc) is 2.69. The van der Waals surface area contributed by atoms with Crippen LogP contribution in [0.4, 0.5) is 15.3 Å². The third-order valence-electron chi connectivity index (χ3n) is 5.71. The summed E-state index contributed by atoms with van der Waals surface area (Å²) in [7, 11) is 0. The molecular weight excluding hydrogens is 406 g/mol. The van der Waals surface area contributed by atoms with Gasteiger partial charge in [-0.15, -0.1) is 0 Å². The molecule has 0 aliphatic carbocycles. The van der Waals surface area contributed by atoms with Gasteiger partial charge in [-0.3, -0.25) is 0 Å². The van der Waals surface area contributed by atoms with Crippen molar-refractivity contribution in [3.63, 3.8) is 0 Å². The largest absolute Gasteiger partial charge is 0.444 e. The third-order valence-corrected chi connectivity index (χ3v) is 5.71. The van der Waals surface area contributed by atoms with Gasteiger partial charge >= 0.3 is 12.2 Å². The number of piperidine rings is 1. The van der Waals surface area contributed by atoms with E-state index in [9.17, 15) is 9.59 Å². The number of hydrogen-bond donors (Lipinski definition) is 1. The lowest BCUT2D eigenvalue weighted by Gasteiger charge is -2.37. The summed E-state index contributed by atoms with van der Waals surface area (Å²) in [6.07, 6.45) is 3.34. The Hall–Kier alpha value is -2.44. The minimum absolute atomic E-state index is 0.0833. The first kappa shape index (κ1) is 24.2. The van der Waals surface area contributed by atoms with E-state index in [1.807, 2.05) is 46.4 Å². The van der Waals surface area contributed by atoms with Crippen LogP contribution in [0.25, 0.3) is 0 Å². The second-order valence-corrected chi connectivity index (χ2v) is 10.8. The normalized spacial score (nSPS) is 19.2. The highest BCUT2D eigenvalue weighted by atomic mass is 16.6. The number of amides is 2. The number of ether oxygens (including phenoxy) is 2. The smallest absolute Gasteiger partial charge is 0.410 e. The summed E-state index contributed by atoms with van der Waals surface area (Å²) in [5, 5.41) is 3.57. The molecule has 178 valence electrons. The summed E-state index contributed by atoms with van der Waals surface area (Å²) in [6, 6.07) is 6.31. The number of nitrogens with one attached hydrogen (secondary N) is 1. The van der Waals surface area contributed by atoms with Gasteiger partial charge in [0, 0.05) is 25.3 Å². The number of anilines is 1. The second-order valence-electron chi connectivity index (χ2n) is 10.8. The highest BCUT2D eigenvalue weighted by molar-refractivity contribution is 5.70. The first-order valence-electron chi connectivity index (χ1n) is 11.8. The number of carbonyl (C=O) groups is 2. The topological polar surface area (TPSA) is 71.1 Å². The first-order chi connectivity index (χ1) is 14.9. The fourth-order valence-corrected chi connectivity index (χ4v) is 4.23. The molecular formula is C25H39N3O4. The molecule has 0 radical (unpaired) electrons. The third kappa shape index (κ3) is 6.53. The van der Waals surface area contributed by atoms with E-state index in [0.29, 0.717) is 19.6 Å². The van der Waals surface area contributed by atoms with Crippen LogP contribution >= 0.6 is 0 Å². The van der Waals surface area contributed by atoms with E-state index in [0.717, 1.165) is 43.5 Å². The average molecular weight is 446 g/mol. The van der Waals surface area contributed by atoms with Gasteiger partial charge < -0.3 is 24.6 Å². The summed E-state index contributed by atoms with van der Waals surface area (Å²) in [4.78, 5) is 29.0. The predicted molar refractivity (Wildman–Crippen MR) is 126 cm³/mol. The van der Waals surface area contributed by atoms with Crippen LogP contribution in [-0.2, 0) is 22.4 Å². The lowest BCUT2D eigenvalue weighted by Crippen LogP contribution is -2.49. The van der Waals surface area contributed by atoms with Crippen molar-refractivity contribution in [1.29, 1.82) is 0 Å². The van der Waals surface area contributed by atoms with E-state index < -0.39 is 11.2 Å². The standard InChI is InChI=1S/C25H39N3O4/c1-24(2,3)31-22(29)27-15-13-18-10-9-12-21(20(18)17-27)26-16-19-11-7-8-14-28(19)23(30)32-25(4,5)6/h9-10,12,19,26H,7-8,11,13-17H2,1-6H3. The Kier molecular flexibility index (Phi) is 7.25. The van der Waals surface area contributed by atoms with Gasteiger partial charge in [-0.2, -0.15) is 0 Å². The second kappa shape index (κ2) is 9.59. The molecule has 7 nitrogen and oxygen atoms in total. The zero-order valence-electron chi connectivity index (χ0n) is 20.5. The van der Waals surface area contributed by atoms with Gasteiger partial charge in [-0.25, -0.2) is 9.59 Å². The SMILES string of the molecule is CC(C)(C)OC(=O)N1CCc2cccc(NCC3CCCCN3C(=O)OC(C)(C)C)c2C1. The van der Waals surface area contributed by atoms with Crippen LogP contribution in [0.1, 0.15) is 71.9 Å². The van der Waals surface area contributed by atoms with Gasteiger partial charge in [0.15, 0.2) is 0 Å². The van der Waals surface area contributed by atoms with Gasteiger partial charge in [-0.05, 0) is 84.4 Å². The summed E-state index contributed by atoms with van der Waals surface area (Å²) in [6.45, 7) is 13.9. The van der Waals surface area contributed by atoms with Gasteiger partial charge in [0.1, 0.15) is 11.2 Å². The quantitative estimate of drug-likeness (QED) is 0.694. The fraction of sp³-hybridized carbons (Fsp3) is 0.680. The van der Waals surface area contributed by atoms with E-state index in [1.54, 1.807) is 4.90 Å². The Balaban J connectivity index is 1.68. The molecule has 2 aliphatic heterocycles. The van der Waals surface area contributed by atoms with E-state index in [2.05, 4.69) is 23.5 Å². The summed E-state index contributed by atoms with van der Waals surface area (Å²) >= 11 is 0. The zero-order chi connectivity index (χ0) is 23.5. The fourth-order valence-electron chi connectivity index (χ4n) is 4.23. The number of hydrogen-bond acceptors (Lipinski definition) is 5. The maximum absolute atomic E-state index is 12.7. The molecule has 1 N–H and O–H groups in total. The van der Waals surface area contributed by atoms with E-state index in [-0.39, 0.29) is 18.2 Å². The number of likely N-dealkylation sites (tertiary alicyclic amines) is 1. The van der Waals surface area contributed by atoms with Crippen LogP contribution in [-0.4, -0.2) is 58.9 Å². The Morgan fingerprint density at radius 3 is 2.38 bits per heavy atom. The van der Waals surface area contributed by atoms with Crippen molar-refractivity contribution in [3.8, 4) is 0 Å². The Bertz CT molecular complexity index is 825. The molecule has 0 bridgehead atoms. The van der Waals surface area contributed by atoms with Crippen molar-refractivity contribution < 1.29 is 19.1 Å². The highest BCUT2D eigenvalue weighted by Gasteiger charge is 2.31. The van der Waals surface area contributed by atoms with Crippen molar-refractivity contribution >= 4 is 17.9 Å². The molecule has 1 fully saturated rings. The lowest BCUT2D eigenvalue weighted by atomic mass is 9.97. The number of benzene rings is 1. The minimum Gasteiger partial charge on any atom is -0.444 e. The molecule has 1 aromatic carbocycles. The van der Waals surface area contributed by atoms with Crippen molar-refractivity contribution in [2.24, 2.45) is 0 Å². The molecule has 0 saturated carbocycles. The molecule has 0 aromatic heterocycles. The number of fused-ring (bicyclic) bond motifs is 1. The first-order valence-corrected chi connectivity index (χ1v) is 11.8. The molecule has 2 aliphatic rings. The summed E-state index contributed by atoms with van der Waals surface area (Å²) < 4.78 is 11.2. The van der Waals surface area contributed by atoms with Crippen LogP contribution < -0.4 is 5.32 Å². The van der Waals surface area contributed by atoms with Gasteiger partial charge in [-0.1, -0.05) is 12.1 Å². The summed E-state index contributed by atoms with van der Waals surface area (Å²) in [5.41, 5.74) is 2.38. The zero-order valence-corrected chi connectivity index (χ0v) is 20.5. The minimum atomic E-state index is -0.513. The molecule has 32 heavy (non-hydrogen) atoms. The number of rotatable bonds is 3. The maximum atomic E-state index is 12.7. The molecule has 1 saturated heterocycles. The number of carbonyl (C=O) groups excluding carboxylic acids is 2. The van der Waals surface area contributed by atoms with E-state index >= 15 is 0 Å². The summed E-state index contributed by atoms with van der Waals surface area (Å²) in [5.74, 6) is 0. The monoisotopic (exact) mass is 445 g/mol. The van der Waals surface area contributed by atoms with Crippen LogP contribution in [0.3, 0.4) is 0 Å². The van der Waals surface area contributed by atoms with E-state index in [1.165, 1.54) is 5.56 Å². The van der Waals surface area contributed by atoms with Crippen molar-refractivity contribution in [3.05, 3.63) is 29.3 Å². The van der Waals surface area contributed by atoms with Crippen LogP contribution in [0, 0.1) is 0 Å². The lowest BCUT2D eigenvalue weighted by molar-refractivity contribution is 0.0112. The predicted octanol–water partition coefficient (Wildman–Crippen LogP) is 5.18. The van der Waals surface area contributed by atoms with Gasteiger partial charge in [0.25, 0.3) is 0 Å². The van der Waals surface area contributed by atoms with Crippen molar-refractivity contribution in [2.75, 3.05) is 25.0 Å². The Morgan fingerprint density at radius 2 is 1.69 bits per heavy atom. The molecule has 0 spiro atoms. The van der Waals surface area contributed by atoms with Crippen LogP contribution in [0.5, 0.6) is 0 Å². The molecule has 2 amide bonds. The van der Waals surface area contributed by atoms with Crippen molar-refractivity contribution in [1.82, 2.24) is 9.80 Å². The van der Waals surface area contributed by atoms with Gasteiger partial charge in [0.2, 0.25) is 0 Å². The Morgan fingerprint density at radius 1 is 1.00 bits per heavy atom. The molecule has 7 heteroatoms.